The first-order valence-corrected chi connectivity index (χ1v) is 8.36. The van der Waals surface area contributed by atoms with E-state index in [-0.39, 0.29) is 11.9 Å². The molecule has 1 N–H and O–H groups in total. The van der Waals surface area contributed by atoms with E-state index in [1.165, 1.54) is 5.39 Å². The highest BCUT2D eigenvalue weighted by atomic mass is 16.1. The third kappa shape index (κ3) is 2.85. The first-order valence-electron chi connectivity index (χ1n) is 8.36. The normalized spacial score (nSPS) is 12.2. The van der Waals surface area contributed by atoms with Gasteiger partial charge in [-0.3, -0.25) is 9.78 Å². The number of pyridine rings is 1. The van der Waals surface area contributed by atoms with Crippen molar-refractivity contribution in [3.63, 3.8) is 0 Å². The summed E-state index contributed by atoms with van der Waals surface area (Å²) < 4.78 is 0. The van der Waals surface area contributed by atoms with E-state index in [1.807, 2.05) is 55.5 Å². The molecular weight excluding hydrogens is 308 g/mol. The van der Waals surface area contributed by atoms with Crippen LogP contribution >= 0.6 is 0 Å². The Bertz CT molecular complexity index is 1060. The molecule has 25 heavy (non-hydrogen) atoms. The Kier molecular flexibility index (Phi) is 3.90. The van der Waals surface area contributed by atoms with Gasteiger partial charge in [-0.1, -0.05) is 54.6 Å². The lowest BCUT2D eigenvalue weighted by Gasteiger charge is -2.17. The fraction of sp³-hybridized carbons (Fsp3) is 0.0909. The average Bonchev–Trinajstić information content (AvgIpc) is 2.67. The van der Waals surface area contributed by atoms with Crippen LogP contribution in [0.2, 0.25) is 0 Å². The summed E-state index contributed by atoms with van der Waals surface area (Å²) in [5, 5.41) is 6.34. The van der Waals surface area contributed by atoms with Gasteiger partial charge in [0.1, 0.15) is 0 Å². The molecule has 0 aliphatic carbocycles. The maximum absolute atomic E-state index is 12.8. The quantitative estimate of drug-likeness (QED) is 0.583. The summed E-state index contributed by atoms with van der Waals surface area (Å²) in [6.45, 7) is 2.02. The number of carbonyl (C=O) groups excluding carboxylic acids is 1. The van der Waals surface area contributed by atoms with E-state index in [1.54, 1.807) is 6.20 Å². The molecule has 0 aliphatic heterocycles. The lowest BCUT2D eigenvalue weighted by atomic mass is 9.99. The number of nitrogens with one attached hydrogen (secondary N) is 1. The van der Waals surface area contributed by atoms with E-state index < -0.39 is 0 Å². The van der Waals surface area contributed by atoms with E-state index in [0.29, 0.717) is 5.56 Å². The molecule has 122 valence electrons. The Balaban J connectivity index is 1.68. The molecule has 3 aromatic carbocycles. The van der Waals surface area contributed by atoms with Crippen LogP contribution < -0.4 is 5.32 Å². The first kappa shape index (κ1) is 15.3. The second kappa shape index (κ2) is 6.36. The molecule has 0 fully saturated rings. The van der Waals surface area contributed by atoms with Crippen LogP contribution in [0.25, 0.3) is 21.7 Å². The van der Waals surface area contributed by atoms with Gasteiger partial charge in [-0.2, -0.15) is 0 Å². The summed E-state index contributed by atoms with van der Waals surface area (Å²) in [5.41, 5.74) is 2.59. The van der Waals surface area contributed by atoms with Crippen molar-refractivity contribution in [3.05, 3.63) is 90.1 Å². The molecule has 3 heteroatoms. The van der Waals surface area contributed by atoms with Crippen LogP contribution in [0.1, 0.15) is 28.9 Å². The van der Waals surface area contributed by atoms with Crippen LogP contribution in [0.5, 0.6) is 0 Å². The van der Waals surface area contributed by atoms with Gasteiger partial charge >= 0.3 is 0 Å². The highest BCUT2D eigenvalue weighted by molar-refractivity contribution is 6.06. The third-order valence-corrected chi connectivity index (χ3v) is 4.53. The van der Waals surface area contributed by atoms with E-state index in [4.69, 9.17) is 0 Å². The molecule has 1 atom stereocenters. The summed E-state index contributed by atoms with van der Waals surface area (Å²) in [4.78, 5) is 17.2. The number of aromatic nitrogens is 1. The van der Waals surface area contributed by atoms with Gasteiger partial charge in [0.15, 0.2) is 0 Å². The maximum Gasteiger partial charge on any atom is 0.252 e. The minimum absolute atomic E-state index is 0.0842. The van der Waals surface area contributed by atoms with Gasteiger partial charge in [0.25, 0.3) is 5.91 Å². The number of benzene rings is 3. The van der Waals surface area contributed by atoms with Crippen LogP contribution in [0, 0.1) is 0 Å². The van der Waals surface area contributed by atoms with Gasteiger partial charge in [0.2, 0.25) is 0 Å². The Morgan fingerprint density at radius 1 is 0.880 bits per heavy atom. The minimum atomic E-state index is -0.0921. The molecule has 1 unspecified atom stereocenters. The third-order valence-electron chi connectivity index (χ3n) is 4.53. The number of fused-ring (bicyclic) bond motifs is 2. The largest absolute Gasteiger partial charge is 0.345 e. The minimum Gasteiger partial charge on any atom is -0.345 e. The molecule has 4 rings (SSSR count). The number of nitrogens with zero attached hydrogens (tertiary/aromatic N) is 1. The van der Waals surface area contributed by atoms with Crippen molar-refractivity contribution >= 4 is 27.6 Å². The van der Waals surface area contributed by atoms with E-state index in [0.717, 1.165) is 21.9 Å². The molecule has 0 spiro atoms. The molecule has 0 radical (unpaired) electrons. The SMILES string of the molecule is CC(NC(=O)c1cccc2ncccc12)c1cccc2ccccc12. The van der Waals surface area contributed by atoms with E-state index in [9.17, 15) is 4.79 Å². The van der Waals surface area contributed by atoms with Gasteiger partial charge in [-0.15, -0.1) is 0 Å². The second-order valence-corrected chi connectivity index (χ2v) is 6.14. The van der Waals surface area contributed by atoms with E-state index >= 15 is 0 Å². The van der Waals surface area contributed by atoms with Gasteiger partial charge in [-0.25, -0.2) is 0 Å². The molecular formula is C22H18N2O. The van der Waals surface area contributed by atoms with Crippen molar-refractivity contribution in [3.8, 4) is 0 Å². The van der Waals surface area contributed by atoms with Gasteiger partial charge in [0, 0.05) is 17.1 Å². The summed E-state index contributed by atoms with van der Waals surface area (Å²) in [6.07, 6.45) is 1.74. The van der Waals surface area contributed by atoms with Crippen molar-refractivity contribution in [1.29, 1.82) is 0 Å². The molecule has 3 nitrogen and oxygen atoms in total. The number of rotatable bonds is 3. The lowest BCUT2D eigenvalue weighted by Crippen LogP contribution is -2.27. The van der Waals surface area contributed by atoms with Crippen LogP contribution in [-0.4, -0.2) is 10.9 Å². The summed E-state index contributed by atoms with van der Waals surface area (Å²) >= 11 is 0. The summed E-state index contributed by atoms with van der Waals surface area (Å²) in [5.74, 6) is -0.0842. The molecule has 0 aliphatic rings. The van der Waals surface area contributed by atoms with Crippen molar-refractivity contribution in [1.82, 2.24) is 10.3 Å². The second-order valence-electron chi connectivity index (χ2n) is 6.14. The zero-order valence-corrected chi connectivity index (χ0v) is 13.9. The van der Waals surface area contributed by atoms with Crippen LogP contribution in [-0.2, 0) is 0 Å². The number of amides is 1. The van der Waals surface area contributed by atoms with Crippen molar-refractivity contribution in [2.75, 3.05) is 0 Å². The Labute approximate surface area is 146 Å². The van der Waals surface area contributed by atoms with Gasteiger partial charge in [0.05, 0.1) is 11.6 Å². The van der Waals surface area contributed by atoms with Crippen molar-refractivity contribution in [2.24, 2.45) is 0 Å². The predicted octanol–water partition coefficient (Wildman–Crippen LogP) is 4.88. The highest BCUT2D eigenvalue weighted by Gasteiger charge is 2.15. The lowest BCUT2D eigenvalue weighted by molar-refractivity contribution is 0.0942. The molecule has 0 saturated heterocycles. The number of carbonyl (C=O) groups is 1. The Hall–Kier alpha value is -3.20. The molecule has 1 aromatic heterocycles. The van der Waals surface area contributed by atoms with E-state index in [2.05, 4.69) is 34.6 Å². The smallest absolute Gasteiger partial charge is 0.252 e. The summed E-state index contributed by atoms with van der Waals surface area (Å²) in [7, 11) is 0. The summed E-state index contributed by atoms with van der Waals surface area (Å²) in [6, 6.07) is 23.7. The van der Waals surface area contributed by atoms with Gasteiger partial charge < -0.3 is 5.32 Å². The number of hydrogen-bond donors (Lipinski definition) is 1. The molecule has 4 aromatic rings. The van der Waals surface area contributed by atoms with Crippen LogP contribution in [0.15, 0.2) is 79.0 Å². The first-order chi connectivity index (χ1) is 12.2. The number of hydrogen-bond acceptors (Lipinski definition) is 2. The fourth-order valence-electron chi connectivity index (χ4n) is 3.28. The zero-order chi connectivity index (χ0) is 17.2. The Morgan fingerprint density at radius 3 is 2.56 bits per heavy atom. The topological polar surface area (TPSA) is 42.0 Å². The predicted molar refractivity (Wildman–Crippen MR) is 102 cm³/mol. The molecule has 1 heterocycles. The van der Waals surface area contributed by atoms with Crippen molar-refractivity contribution < 1.29 is 4.79 Å². The van der Waals surface area contributed by atoms with Crippen LogP contribution in [0.4, 0.5) is 0 Å². The highest BCUT2D eigenvalue weighted by Crippen LogP contribution is 2.25. The monoisotopic (exact) mass is 326 g/mol. The van der Waals surface area contributed by atoms with Crippen molar-refractivity contribution in [2.45, 2.75) is 13.0 Å². The van der Waals surface area contributed by atoms with Crippen LogP contribution in [0.3, 0.4) is 0 Å². The Morgan fingerprint density at radius 2 is 1.64 bits per heavy atom. The average molecular weight is 326 g/mol. The fourth-order valence-corrected chi connectivity index (χ4v) is 3.28. The molecule has 1 amide bonds. The van der Waals surface area contributed by atoms with Gasteiger partial charge in [-0.05, 0) is 41.5 Å². The standard InChI is InChI=1S/C22H18N2O/c1-15(17-10-4-8-16-7-2-3-9-18(16)17)24-22(25)20-11-5-13-21-19(20)12-6-14-23-21/h2-15H,1H3,(H,24,25). The maximum atomic E-state index is 12.8. The molecule has 0 saturated carbocycles. The molecule has 0 bridgehead atoms. The zero-order valence-electron chi connectivity index (χ0n) is 13.9.